The summed E-state index contributed by atoms with van der Waals surface area (Å²) >= 11 is 0. The minimum absolute atomic E-state index is 0.105. The lowest BCUT2D eigenvalue weighted by Crippen LogP contribution is -2.44. The summed E-state index contributed by atoms with van der Waals surface area (Å²) < 4.78 is 1.97. The number of rotatable bonds is 5. The summed E-state index contributed by atoms with van der Waals surface area (Å²) in [7, 11) is 1.99. The van der Waals surface area contributed by atoms with Gasteiger partial charge in [0.1, 0.15) is 0 Å². The molecular weight excluding hydrogens is 462 g/mol. The number of nitrogens with zero attached hydrogens (tertiary/aromatic N) is 6. The Labute approximate surface area is 217 Å². The van der Waals surface area contributed by atoms with Crippen LogP contribution < -0.4 is 5.32 Å². The highest BCUT2D eigenvalue weighted by Gasteiger charge is 2.26. The van der Waals surface area contributed by atoms with E-state index in [9.17, 15) is 4.79 Å². The van der Waals surface area contributed by atoms with Crippen LogP contribution in [0.1, 0.15) is 23.9 Å². The summed E-state index contributed by atoms with van der Waals surface area (Å²) in [6.45, 7) is 8.38. The number of fused-ring (bicyclic) bond motifs is 2. The van der Waals surface area contributed by atoms with Crippen LogP contribution in [-0.4, -0.2) is 74.7 Å². The molecule has 6 rings (SSSR count). The van der Waals surface area contributed by atoms with Gasteiger partial charge in [-0.05, 0) is 23.6 Å². The van der Waals surface area contributed by atoms with Gasteiger partial charge >= 0.3 is 0 Å². The maximum absolute atomic E-state index is 12.1. The van der Waals surface area contributed by atoms with Crippen molar-refractivity contribution in [2.45, 2.75) is 26.3 Å². The van der Waals surface area contributed by atoms with Gasteiger partial charge in [-0.15, -0.1) is 0 Å². The third-order valence-corrected chi connectivity index (χ3v) is 7.72. The van der Waals surface area contributed by atoms with Crippen LogP contribution in [0.2, 0.25) is 0 Å². The molecule has 2 aliphatic rings. The number of carbonyl (C=O) groups is 1. The van der Waals surface area contributed by atoms with Gasteiger partial charge in [-0.2, -0.15) is 5.10 Å². The fraction of sp³-hybridized carbons (Fsp3) is 0.379. The molecule has 190 valence electrons. The minimum atomic E-state index is 0.105. The van der Waals surface area contributed by atoms with Crippen LogP contribution in [0.5, 0.6) is 0 Å². The fourth-order valence-electron chi connectivity index (χ4n) is 5.54. The van der Waals surface area contributed by atoms with Gasteiger partial charge in [0.05, 0.1) is 11.4 Å². The number of pyridine rings is 2. The third kappa shape index (κ3) is 4.74. The van der Waals surface area contributed by atoms with E-state index in [-0.39, 0.29) is 5.91 Å². The molecule has 1 fully saturated rings. The molecule has 4 aromatic rings. The Morgan fingerprint density at radius 2 is 1.92 bits per heavy atom. The number of hydrogen-bond acceptors (Lipinski definition) is 6. The summed E-state index contributed by atoms with van der Waals surface area (Å²) in [5, 5.41) is 10.5. The minimum Gasteiger partial charge on any atom is -0.338 e. The van der Waals surface area contributed by atoms with E-state index < -0.39 is 0 Å². The van der Waals surface area contributed by atoms with Crippen molar-refractivity contribution in [1.29, 1.82) is 0 Å². The van der Waals surface area contributed by atoms with Gasteiger partial charge in [-0.3, -0.25) is 19.4 Å². The van der Waals surface area contributed by atoms with E-state index in [4.69, 9.17) is 15.1 Å². The first-order valence-corrected chi connectivity index (χ1v) is 13.1. The van der Waals surface area contributed by atoms with Crippen molar-refractivity contribution >= 4 is 16.7 Å². The van der Waals surface area contributed by atoms with Crippen LogP contribution >= 0.6 is 0 Å². The molecule has 0 unspecified atom stereocenters. The number of carbonyl (C=O) groups excluding carboxylic acids is 1. The van der Waals surface area contributed by atoms with Crippen molar-refractivity contribution in [3.8, 4) is 22.5 Å². The summed E-state index contributed by atoms with van der Waals surface area (Å²) in [5.74, 6) is 0.105. The Kier molecular flexibility index (Phi) is 6.44. The first kappa shape index (κ1) is 23.8. The van der Waals surface area contributed by atoms with E-state index in [2.05, 4.69) is 46.6 Å². The molecule has 1 amide bonds. The summed E-state index contributed by atoms with van der Waals surface area (Å²) in [6.07, 6.45) is 5.68. The predicted octanol–water partition coefficient (Wildman–Crippen LogP) is 3.05. The molecule has 8 heteroatoms. The van der Waals surface area contributed by atoms with E-state index in [0.717, 1.165) is 96.7 Å². The predicted molar refractivity (Wildman–Crippen MR) is 145 cm³/mol. The second-order valence-electron chi connectivity index (χ2n) is 10.1. The number of hydrogen-bond donors (Lipinski definition) is 1. The average Bonchev–Trinajstić information content (AvgIpc) is 3.27. The zero-order chi connectivity index (χ0) is 25.4. The second-order valence-corrected chi connectivity index (χ2v) is 10.1. The molecule has 8 nitrogen and oxygen atoms in total. The van der Waals surface area contributed by atoms with Gasteiger partial charge in [0, 0.05) is 118 Å². The van der Waals surface area contributed by atoms with Crippen molar-refractivity contribution in [2.24, 2.45) is 7.05 Å². The Morgan fingerprint density at radius 3 is 2.70 bits per heavy atom. The Balaban J connectivity index is 1.26. The first-order valence-electron chi connectivity index (χ1n) is 13.1. The Bertz CT molecular complexity index is 1440. The molecule has 1 N–H and O–H groups in total. The lowest BCUT2D eigenvalue weighted by atomic mass is 9.97. The summed E-state index contributed by atoms with van der Waals surface area (Å²) in [5.41, 5.74) is 7.39. The smallest absolute Gasteiger partial charge is 0.219 e. The molecule has 2 aliphatic heterocycles. The first-order chi connectivity index (χ1) is 18.1. The number of aromatic nitrogens is 4. The molecular formula is C29H33N7O. The molecule has 0 aliphatic carbocycles. The zero-order valence-electron chi connectivity index (χ0n) is 21.6. The van der Waals surface area contributed by atoms with Gasteiger partial charge in [0.25, 0.3) is 0 Å². The SMILES string of the molecule is CC(=O)N1CCc2c(c(-c3cccc4cc(-c5ccc(CCN6CCNCC6)nc5)ncc34)nn2C)C1. The maximum atomic E-state index is 12.1. The Morgan fingerprint density at radius 1 is 1.05 bits per heavy atom. The quantitative estimate of drug-likeness (QED) is 0.459. The zero-order valence-corrected chi connectivity index (χ0v) is 21.6. The van der Waals surface area contributed by atoms with Crippen molar-refractivity contribution < 1.29 is 4.79 Å². The highest BCUT2D eigenvalue weighted by atomic mass is 16.2. The van der Waals surface area contributed by atoms with Gasteiger partial charge in [-0.25, -0.2) is 0 Å². The number of amides is 1. The van der Waals surface area contributed by atoms with Gasteiger partial charge < -0.3 is 15.1 Å². The fourth-order valence-corrected chi connectivity index (χ4v) is 5.54. The molecule has 5 heterocycles. The number of piperazine rings is 1. The molecule has 37 heavy (non-hydrogen) atoms. The van der Waals surface area contributed by atoms with Gasteiger partial charge in [0.2, 0.25) is 5.91 Å². The maximum Gasteiger partial charge on any atom is 0.219 e. The van der Waals surface area contributed by atoms with Crippen molar-refractivity contribution in [1.82, 2.24) is 34.9 Å². The van der Waals surface area contributed by atoms with Crippen LogP contribution in [0.15, 0.2) is 48.8 Å². The Hall–Kier alpha value is -3.62. The lowest BCUT2D eigenvalue weighted by molar-refractivity contribution is -0.129. The van der Waals surface area contributed by atoms with E-state index in [1.54, 1.807) is 6.92 Å². The highest BCUT2D eigenvalue weighted by molar-refractivity contribution is 5.97. The van der Waals surface area contributed by atoms with Gasteiger partial charge in [0.15, 0.2) is 0 Å². The summed E-state index contributed by atoms with van der Waals surface area (Å²) in [4.78, 5) is 26.0. The molecule has 0 saturated carbocycles. The second kappa shape index (κ2) is 10.0. The molecule has 0 bridgehead atoms. The molecule has 0 spiro atoms. The lowest BCUT2D eigenvalue weighted by Gasteiger charge is -2.26. The van der Waals surface area contributed by atoms with E-state index in [1.807, 2.05) is 29.0 Å². The molecule has 1 saturated heterocycles. The number of aryl methyl sites for hydroxylation is 1. The molecule has 0 atom stereocenters. The molecule has 0 radical (unpaired) electrons. The third-order valence-electron chi connectivity index (χ3n) is 7.72. The standard InChI is InChI=1S/C29H33N7O/c1-20(37)36-13-9-28-26(19-36)29(33-34(28)2)24-5-3-4-21-16-27(32-18-25(21)24)22-6-7-23(31-17-22)8-12-35-14-10-30-11-15-35/h3-7,16-18,30H,8-15,19H2,1-2H3. The van der Waals surface area contributed by atoms with Crippen LogP contribution in [0.25, 0.3) is 33.3 Å². The number of nitrogens with one attached hydrogen (secondary N) is 1. The van der Waals surface area contributed by atoms with Crippen LogP contribution in [0.3, 0.4) is 0 Å². The molecule has 3 aromatic heterocycles. The molecule has 1 aromatic carbocycles. The van der Waals surface area contributed by atoms with Crippen molar-refractivity contribution in [2.75, 3.05) is 39.3 Å². The van der Waals surface area contributed by atoms with Crippen LogP contribution in [0.4, 0.5) is 0 Å². The van der Waals surface area contributed by atoms with E-state index in [0.29, 0.717) is 6.54 Å². The largest absolute Gasteiger partial charge is 0.338 e. The van der Waals surface area contributed by atoms with Gasteiger partial charge in [-0.1, -0.05) is 18.2 Å². The normalized spacial score (nSPS) is 16.2. The highest BCUT2D eigenvalue weighted by Crippen LogP contribution is 2.35. The summed E-state index contributed by atoms with van der Waals surface area (Å²) in [6, 6.07) is 12.7. The van der Waals surface area contributed by atoms with Crippen molar-refractivity contribution in [3.63, 3.8) is 0 Å². The average molecular weight is 496 g/mol. The van der Waals surface area contributed by atoms with Crippen LogP contribution in [-0.2, 0) is 31.2 Å². The number of benzene rings is 1. The van der Waals surface area contributed by atoms with Crippen LogP contribution in [0, 0.1) is 0 Å². The van der Waals surface area contributed by atoms with Crippen molar-refractivity contribution in [3.05, 3.63) is 65.7 Å². The van der Waals surface area contributed by atoms with E-state index >= 15 is 0 Å². The monoisotopic (exact) mass is 495 g/mol. The van der Waals surface area contributed by atoms with E-state index in [1.165, 1.54) is 5.69 Å². The topological polar surface area (TPSA) is 79.2 Å².